The van der Waals surface area contributed by atoms with Crippen molar-refractivity contribution in [1.29, 1.82) is 0 Å². The van der Waals surface area contributed by atoms with Crippen molar-refractivity contribution in [3.63, 3.8) is 0 Å². The molecule has 0 aromatic carbocycles. The summed E-state index contributed by atoms with van der Waals surface area (Å²) in [5.41, 5.74) is 0. The second kappa shape index (κ2) is 8.90. The molecule has 1 saturated carbocycles. The van der Waals surface area contributed by atoms with Crippen LogP contribution in [-0.2, 0) is 4.74 Å². The maximum atomic E-state index is 5.21. The van der Waals surface area contributed by atoms with Crippen molar-refractivity contribution in [3.8, 4) is 0 Å². The van der Waals surface area contributed by atoms with Crippen molar-refractivity contribution in [2.24, 2.45) is 5.92 Å². The van der Waals surface area contributed by atoms with Gasteiger partial charge in [-0.15, -0.1) is 0 Å². The second-order valence-corrected chi connectivity index (χ2v) is 5.29. The second-order valence-electron chi connectivity index (χ2n) is 5.29. The maximum Gasteiger partial charge on any atom is 0.0615 e. The van der Waals surface area contributed by atoms with Gasteiger partial charge in [0, 0.05) is 26.2 Å². The molecule has 1 aliphatic rings. The summed E-state index contributed by atoms with van der Waals surface area (Å²) in [4.78, 5) is 2.48. The van der Waals surface area contributed by atoms with Crippen LogP contribution >= 0.6 is 0 Å². The van der Waals surface area contributed by atoms with E-state index in [2.05, 4.69) is 24.1 Å². The highest BCUT2D eigenvalue weighted by atomic mass is 16.5. The Labute approximate surface area is 107 Å². The first-order valence-corrected chi connectivity index (χ1v) is 7.21. The first-order valence-electron chi connectivity index (χ1n) is 7.21. The molecule has 0 heterocycles. The molecule has 0 aliphatic heterocycles. The predicted molar refractivity (Wildman–Crippen MR) is 73.4 cm³/mol. The average molecular weight is 242 g/mol. The van der Waals surface area contributed by atoms with E-state index in [1.54, 1.807) is 7.11 Å². The molecule has 3 heteroatoms. The van der Waals surface area contributed by atoms with Crippen molar-refractivity contribution in [2.45, 2.75) is 45.6 Å². The molecule has 102 valence electrons. The molecular weight excluding hydrogens is 212 g/mol. The highest BCUT2D eigenvalue weighted by Crippen LogP contribution is 2.23. The summed E-state index contributed by atoms with van der Waals surface area (Å²) in [6.45, 7) is 9.86. The number of nitrogens with one attached hydrogen (secondary N) is 1. The Morgan fingerprint density at radius 1 is 1.35 bits per heavy atom. The number of rotatable bonds is 9. The highest BCUT2D eigenvalue weighted by molar-refractivity contribution is 4.71. The van der Waals surface area contributed by atoms with Gasteiger partial charge in [-0.1, -0.05) is 19.8 Å². The fourth-order valence-corrected chi connectivity index (χ4v) is 2.78. The summed E-state index contributed by atoms with van der Waals surface area (Å²) in [7, 11) is 1.78. The molecule has 1 rings (SSSR count). The number of likely N-dealkylation sites (N-methyl/N-ethyl adjacent to an activating group) is 1. The lowest BCUT2D eigenvalue weighted by Crippen LogP contribution is -2.41. The van der Waals surface area contributed by atoms with Gasteiger partial charge in [0.2, 0.25) is 0 Å². The lowest BCUT2D eigenvalue weighted by atomic mass is 10.1. The molecule has 0 aromatic rings. The van der Waals surface area contributed by atoms with Gasteiger partial charge < -0.3 is 10.1 Å². The number of nitrogens with zero attached hydrogens (tertiary/aromatic N) is 1. The maximum absolute atomic E-state index is 5.21. The summed E-state index contributed by atoms with van der Waals surface area (Å²) < 4.78 is 5.21. The monoisotopic (exact) mass is 242 g/mol. The Kier molecular flexibility index (Phi) is 7.82. The predicted octanol–water partition coefficient (Wildman–Crippen LogP) is 2.12. The Morgan fingerprint density at radius 3 is 2.65 bits per heavy atom. The highest BCUT2D eigenvalue weighted by Gasteiger charge is 2.15. The zero-order valence-corrected chi connectivity index (χ0v) is 11.9. The largest absolute Gasteiger partial charge is 0.383 e. The average Bonchev–Trinajstić information content (AvgIpc) is 2.82. The van der Waals surface area contributed by atoms with Crippen molar-refractivity contribution in [1.82, 2.24) is 10.2 Å². The molecular formula is C14H30N2O. The molecule has 1 aliphatic carbocycles. The van der Waals surface area contributed by atoms with Crippen molar-refractivity contribution in [2.75, 3.05) is 39.9 Å². The van der Waals surface area contributed by atoms with E-state index in [-0.39, 0.29) is 0 Å². The number of hydrogen-bond acceptors (Lipinski definition) is 3. The molecule has 0 aromatic heterocycles. The van der Waals surface area contributed by atoms with Crippen molar-refractivity contribution >= 4 is 0 Å². The van der Waals surface area contributed by atoms with E-state index in [4.69, 9.17) is 4.74 Å². The number of hydrogen-bond donors (Lipinski definition) is 1. The van der Waals surface area contributed by atoms with E-state index in [1.165, 1.54) is 32.2 Å². The van der Waals surface area contributed by atoms with Crippen LogP contribution in [-0.4, -0.2) is 50.8 Å². The molecule has 0 spiro atoms. The minimum Gasteiger partial charge on any atom is -0.383 e. The van der Waals surface area contributed by atoms with Gasteiger partial charge in [0.25, 0.3) is 0 Å². The first kappa shape index (κ1) is 14.9. The van der Waals surface area contributed by atoms with Crippen LogP contribution < -0.4 is 5.32 Å². The molecule has 0 saturated heterocycles. The minimum absolute atomic E-state index is 0.526. The van der Waals surface area contributed by atoms with Crippen LogP contribution in [0.25, 0.3) is 0 Å². The molecule has 3 nitrogen and oxygen atoms in total. The third kappa shape index (κ3) is 5.84. The van der Waals surface area contributed by atoms with Crippen LogP contribution in [0.1, 0.15) is 39.5 Å². The van der Waals surface area contributed by atoms with E-state index >= 15 is 0 Å². The van der Waals surface area contributed by atoms with E-state index in [1.807, 2.05) is 0 Å². The van der Waals surface area contributed by atoms with E-state index in [9.17, 15) is 0 Å². The van der Waals surface area contributed by atoms with Crippen LogP contribution in [0.3, 0.4) is 0 Å². The molecule has 1 unspecified atom stereocenters. The summed E-state index contributed by atoms with van der Waals surface area (Å²) in [5, 5.41) is 3.61. The zero-order chi connectivity index (χ0) is 12.5. The van der Waals surface area contributed by atoms with Crippen LogP contribution in [0.5, 0.6) is 0 Å². The molecule has 1 fully saturated rings. The molecule has 1 N–H and O–H groups in total. The lowest BCUT2D eigenvalue weighted by molar-refractivity contribution is 0.103. The quantitative estimate of drug-likeness (QED) is 0.627. The summed E-state index contributed by atoms with van der Waals surface area (Å²) >= 11 is 0. The summed E-state index contributed by atoms with van der Waals surface area (Å²) in [5.74, 6) is 0.946. The lowest BCUT2D eigenvalue weighted by Gasteiger charge is -2.27. The SMILES string of the molecule is CCN(CCNCC1CCCC1)C(C)COC. The van der Waals surface area contributed by atoms with Crippen molar-refractivity contribution in [3.05, 3.63) is 0 Å². The number of ether oxygens (including phenoxy) is 1. The van der Waals surface area contributed by atoms with E-state index in [0.29, 0.717) is 6.04 Å². The zero-order valence-electron chi connectivity index (χ0n) is 11.9. The van der Waals surface area contributed by atoms with Crippen molar-refractivity contribution < 1.29 is 4.74 Å². The van der Waals surface area contributed by atoms with Gasteiger partial charge in [-0.2, -0.15) is 0 Å². The summed E-state index contributed by atoms with van der Waals surface area (Å²) in [6, 6.07) is 0.526. The van der Waals surface area contributed by atoms with E-state index < -0.39 is 0 Å². The first-order chi connectivity index (χ1) is 8.27. The van der Waals surface area contributed by atoms with Gasteiger partial charge in [0.15, 0.2) is 0 Å². The van der Waals surface area contributed by atoms with Crippen LogP contribution in [0.15, 0.2) is 0 Å². The number of methoxy groups -OCH3 is 1. The van der Waals surface area contributed by atoms with Gasteiger partial charge in [0.05, 0.1) is 6.61 Å². The molecule has 0 bridgehead atoms. The Balaban J connectivity index is 2.05. The topological polar surface area (TPSA) is 24.5 Å². The molecule has 1 atom stereocenters. The Morgan fingerprint density at radius 2 is 2.06 bits per heavy atom. The van der Waals surface area contributed by atoms with Crippen LogP contribution in [0, 0.1) is 5.92 Å². The molecule has 17 heavy (non-hydrogen) atoms. The normalized spacial score (nSPS) is 19.1. The fourth-order valence-electron chi connectivity index (χ4n) is 2.78. The minimum atomic E-state index is 0.526. The third-order valence-electron chi connectivity index (χ3n) is 3.92. The van der Waals surface area contributed by atoms with Gasteiger partial charge in [-0.25, -0.2) is 0 Å². The molecule has 0 radical (unpaired) electrons. The standard InChI is InChI=1S/C14H30N2O/c1-4-16(13(2)12-17-3)10-9-15-11-14-7-5-6-8-14/h13-15H,4-12H2,1-3H3. The van der Waals surface area contributed by atoms with Crippen LogP contribution in [0.4, 0.5) is 0 Å². The van der Waals surface area contributed by atoms with Gasteiger partial charge in [-0.3, -0.25) is 4.90 Å². The molecule has 0 amide bonds. The third-order valence-corrected chi connectivity index (χ3v) is 3.92. The Hall–Kier alpha value is -0.120. The van der Waals surface area contributed by atoms with Gasteiger partial charge in [-0.05, 0) is 38.8 Å². The Bertz CT molecular complexity index is 181. The smallest absolute Gasteiger partial charge is 0.0615 e. The van der Waals surface area contributed by atoms with Gasteiger partial charge >= 0.3 is 0 Å². The van der Waals surface area contributed by atoms with Crippen LogP contribution in [0.2, 0.25) is 0 Å². The fraction of sp³-hybridized carbons (Fsp3) is 1.00. The summed E-state index contributed by atoms with van der Waals surface area (Å²) in [6.07, 6.45) is 5.76. The van der Waals surface area contributed by atoms with Gasteiger partial charge in [0.1, 0.15) is 0 Å². The van der Waals surface area contributed by atoms with E-state index in [0.717, 1.165) is 32.2 Å².